The van der Waals surface area contributed by atoms with Gasteiger partial charge in [-0.2, -0.15) is 0 Å². The van der Waals surface area contributed by atoms with Crippen LogP contribution in [0.2, 0.25) is 0 Å². The van der Waals surface area contributed by atoms with Gasteiger partial charge in [0.1, 0.15) is 5.75 Å². The number of rotatable bonds is 4. The van der Waals surface area contributed by atoms with Crippen LogP contribution in [0.15, 0.2) is 24.3 Å². The highest BCUT2D eigenvalue weighted by atomic mass is 16.5. The third kappa shape index (κ3) is 9.42. The third-order valence-corrected chi connectivity index (χ3v) is 1.79. The smallest absolute Gasteiger partial charge is 0.217 e. The summed E-state index contributed by atoms with van der Waals surface area (Å²) in [6.07, 6.45) is 1.06. The highest BCUT2D eigenvalue weighted by molar-refractivity contribution is 5.74. The predicted octanol–water partition coefficient (Wildman–Crippen LogP) is 3.17. The number of carbonyl (C=O) groups excluding carboxylic acids is 1. The van der Waals surface area contributed by atoms with Gasteiger partial charge in [-0.15, -0.1) is 0 Å². The first-order valence-corrected chi connectivity index (χ1v) is 6.13. The van der Waals surface area contributed by atoms with Crippen molar-refractivity contribution in [1.29, 1.82) is 0 Å². The highest BCUT2D eigenvalue weighted by Gasteiger charge is 1.98. The number of methoxy groups -OCH3 is 1. The topological polar surface area (TPSA) is 52.3 Å². The molecule has 0 atom stereocenters. The lowest BCUT2D eigenvalue weighted by molar-refractivity contribution is -0.117. The van der Waals surface area contributed by atoms with E-state index in [0.717, 1.165) is 11.3 Å². The zero-order chi connectivity index (χ0) is 13.7. The summed E-state index contributed by atoms with van der Waals surface area (Å²) in [5.41, 5.74) is 6.11. The van der Waals surface area contributed by atoms with Gasteiger partial charge in [-0.1, -0.05) is 39.8 Å². The van der Waals surface area contributed by atoms with Crippen LogP contribution >= 0.6 is 0 Å². The number of aryl methyl sites for hydroxylation is 1. The second kappa shape index (κ2) is 12.6. The van der Waals surface area contributed by atoms with Crippen molar-refractivity contribution in [2.45, 2.75) is 40.5 Å². The molecule has 0 saturated heterocycles. The maximum absolute atomic E-state index is 10.5. The maximum Gasteiger partial charge on any atom is 0.217 e. The zero-order valence-electron chi connectivity index (χ0n) is 11.6. The van der Waals surface area contributed by atoms with E-state index in [1.54, 1.807) is 7.11 Å². The van der Waals surface area contributed by atoms with E-state index in [4.69, 9.17) is 10.5 Å². The van der Waals surface area contributed by atoms with Crippen LogP contribution in [0.1, 0.15) is 39.7 Å². The Hall–Kier alpha value is -1.51. The van der Waals surface area contributed by atoms with E-state index in [2.05, 4.69) is 0 Å². The zero-order valence-corrected chi connectivity index (χ0v) is 11.6. The van der Waals surface area contributed by atoms with Gasteiger partial charge in [0.25, 0.3) is 0 Å². The molecule has 3 heteroatoms. The predicted molar refractivity (Wildman–Crippen MR) is 73.2 cm³/mol. The highest BCUT2D eigenvalue weighted by Crippen LogP contribution is 2.13. The van der Waals surface area contributed by atoms with Crippen LogP contribution in [0.4, 0.5) is 0 Å². The van der Waals surface area contributed by atoms with Crippen LogP contribution in [0.3, 0.4) is 0 Å². The van der Waals surface area contributed by atoms with E-state index in [0.29, 0.717) is 12.8 Å². The fourth-order valence-electron chi connectivity index (χ4n) is 1.10. The average molecular weight is 239 g/mol. The third-order valence-electron chi connectivity index (χ3n) is 1.79. The minimum atomic E-state index is -0.275. The quantitative estimate of drug-likeness (QED) is 0.877. The SMILES string of the molecule is CC.CC.COc1cccc(CCC(N)=O)c1. The van der Waals surface area contributed by atoms with Crippen molar-refractivity contribution in [3.8, 4) is 5.75 Å². The Balaban J connectivity index is 0. The molecule has 0 aliphatic heterocycles. The van der Waals surface area contributed by atoms with Crippen molar-refractivity contribution in [2.75, 3.05) is 7.11 Å². The lowest BCUT2D eigenvalue weighted by atomic mass is 10.1. The molecule has 1 aromatic carbocycles. The molecular formula is C14H25NO2. The molecule has 0 radical (unpaired) electrons. The number of nitrogens with two attached hydrogens (primary N) is 1. The van der Waals surface area contributed by atoms with Crippen LogP contribution < -0.4 is 10.5 Å². The largest absolute Gasteiger partial charge is 0.497 e. The molecule has 0 aliphatic carbocycles. The van der Waals surface area contributed by atoms with E-state index in [-0.39, 0.29) is 5.91 Å². The Morgan fingerprint density at radius 1 is 1.24 bits per heavy atom. The summed E-state index contributed by atoms with van der Waals surface area (Å²) in [6.45, 7) is 8.00. The number of ether oxygens (including phenoxy) is 1. The Morgan fingerprint density at radius 2 is 1.82 bits per heavy atom. The molecular weight excluding hydrogens is 214 g/mol. The Morgan fingerprint density at radius 3 is 2.29 bits per heavy atom. The summed E-state index contributed by atoms with van der Waals surface area (Å²) < 4.78 is 5.05. The Bertz CT molecular complexity index is 298. The number of primary amides is 1. The summed E-state index contributed by atoms with van der Waals surface area (Å²) in [7, 11) is 1.62. The van der Waals surface area contributed by atoms with Crippen molar-refractivity contribution in [1.82, 2.24) is 0 Å². The number of carbonyl (C=O) groups is 1. The summed E-state index contributed by atoms with van der Waals surface area (Å²) in [5.74, 6) is 0.532. The van der Waals surface area contributed by atoms with E-state index >= 15 is 0 Å². The lowest BCUT2D eigenvalue weighted by Crippen LogP contribution is -2.11. The molecule has 1 aromatic rings. The first-order valence-electron chi connectivity index (χ1n) is 6.13. The van der Waals surface area contributed by atoms with Crippen molar-refractivity contribution in [3.05, 3.63) is 29.8 Å². The van der Waals surface area contributed by atoms with Crippen LogP contribution in [0.5, 0.6) is 5.75 Å². The summed E-state index contributed by atoms with van der Waals surface area (Å²) >= 11 is 0. The fraction of sp³-hybridized carbons (Fsp3) is 0.500. The van der Waals surface area contributed by atoms with Gasteiger partial charge >= 0.3 is 0 Å². The number of hydrogen-bond acceptors (Lipinski definition) is 2. The summed E-state index contributed by atoms with van der Waals surface area (Å²) in [6, 6.07) is 7.62. The minimum absolute atomic E-state index is 0.275. The molecule has 0 unspecified atom stereocenters. The molecule has 0 aliphatic rings. The van der Waals surface area contributed by atoms with Gasteiger partial charge in [0.2, 0.25) is 5.91 Å². The number of benzene rings is 1. The van der Waals surface area contributed by atoms with Crippen molar-refractivity contribution in [2.24, 2.45) is 5.73 Å². The molecule has 0 fully saturated rings. The van der Waals surface area contributed by atoms with Crippen molar-refractivity contribution in [3.63, 3.8) is 0 Å². The standard InChI is InChI=1S/C10H13NO2.2C2H6/c1-13-9-4-2-3-8(7-9)5-6-10(11)12;2*1-2/h2-4,7H,5-6H2,1H3,(H2,11,12);2*1-2H3. The molecule has 2 N–H and O–H groups in total. The van der Waals surface area contributed by atoms with Crippen molar-refractivity contribution >= 4 is 5.91 Å². The summed E-state index contributed by atoms with van der Waals surface area (Å²) in [5, 5.41) is 0. The molecule has 0 bridgehead atoms. The maximum atomic E-state index is 10.5. The molecule has 0 heterocycles. The normalized spacial score (nSPS) is 8.06. The fourth-order valence-corrected chi connectivity index (χ4v) is 1.10. The average Bonchev–Trinajstić information content (AvgIpc) is 2.41. The first-order chi connectivity index (χ1) is 8.22. The Labute approximate surface area is 105 Å². The molecule has 17 heavy (non-hydrogen) atoms. The van der Waals surface area contributed by atoms with Gasteiger partial charge in [-0.25, -0.2) is 0 Å². The lowest BCUT2D eigenvalue weighted by Gasteiger charge is -2.02. The van der Waals surface area contributed by atoms with Crippen LogP contribution in [-0.2, 0) is 11.2 Å². The minimum Gasteiger partial charge on any atom is -0.497 e. The number of hydrogen-bond donors (Lipinski definition) is 1. The monoisotopic (exact) mass is 239 g/mol. The molecule has 98 valence electrons. The first kappa shape index (κ1) is 17.9. The Kier molecular flexibility index (Phi) is 13.2. The molecule has 1 rings (SSSR count). The van der Waals surface area contributed by atoms with Crippen LogP contribution in [0.25, 0.3) is 0 Å². The van der Waals surface area contributed by atoms with Gasteiger partial charge in [0.05, 0.1) is 7.11 Å². The van der Waals surface area contributed by atoms with Gasteiger partial charge < -0.3 is 10.5 Å². The van der Waals surface area contributed by atoms with E-state index in [1.165, 1.54) is 0 Å². The molecule has 1 amide bonds. The van der Waals surface area contributed by atoms with Crippen molar-refractivity contribution < 1.29 is 9.53 Å². The van der Waals surface area contributed by atoms with Crippen LogP contribution in [-0.4, -0.2) is 13.0 Å². The summed E-state index contributed by atoms with van der Waals surface area (Å²) in [4.78, 5) is 10.5. The number of amides is 1. The second-order valence-corrected chi connectivity index (χ2v) is 2.82. The molecule has 0 spiro atoms. The van der Waals surface area contributed by atoms with Gasteiger partial charge in [0, 0.05) is 6.42 Å². The van der Waals surface area contributed by atoms with Crippen LogP contribution in [0, 0.1) is 0 Å². The van der Waals surface area contributed by atoms with E-state index in [1.807, 2.05) is 52.0 Å². The molecule has 0 saturated carbocycles. The second-order valence-electron chi connectivity index (χ2n) is 2.82. The molecule has 0 aromatic heterocycles. The van der Waals surface area contributed by atoms with Gasteiger partial charge in [-0.05, 0) is 24.1 Å². The van der Waals surface area contributed by atoms with Gasteiger partial charge in [0.15, 0.2) is 0 Å². The molecule has 3 nitrogen and oxygen atoms in total. The van der Waals surface area contributed by atoms with Gasteiger partial charge in [-0.3, -0.25) is 4.79 Å². The van der Waals surface area contributed by atoms with E-state index < -0.39 is 0 Å². The van der Waals surface area contributed by atoms with E-state index in [9.17, 15) is 4.79 Å².